The van der Waals surface area contributed by atoms with Crippen LogP contribution in [-0.4, -0.2) is 44.5 Å². The molecule has 0 aromatic carbocycles. The fraction of sp³-hybridized carbons (Fsp3) is 0.562. The Kier molecular flexibility index (Phi) is 6.26. The van der Waals surface area contributed by atoms with Crippen LogP contribution in [0.5, 0.6) is 0 Å². The van der Waals surface area contributed by atoms with Gasteiger partial charge in [0.25, 0.3) is 0 Å². The number of methoxy groups -OCH3 is 1. The predicted molar refractivity (Wildman–Crippen MR) is 92.4 cm³/mol. The smallest absolute Gasteiger partial charge is 0.328 e. The first-order valence-corrected chi connectivity index (χ1v) is 8.22. The van der Waals surface area contributed by atoms with Crippen LogP contribution in [0.25, 0.3) is 11.2 Å². The monoisotopic (exact) mass is 348 g/mol. The topological polar surface area (TPSA) is 125 Å². The molecule has 0 fully saturated rings. The van der Waals surface area contributed by atoms with Gasteiger partial charge in [-0.15, -0.1) is 0 Å². The van der Waals surface area contributed by atoms with Gasteiger partial charge >= 0.3 is 5.97 Å². The quantitative estimate of drug-likeness (QED) is 0.536. The van der Waals surface area contributed by atoms with Gasteiger partial charge in [0.15, 0.2) is 11.5 Å². The van der Waals surface area contributed by atoms with E-state index in [0.29, 0.717) is 36.4 Å². The normalized spacial score (nSPS) is 12.3. The number of nitrogens with one attached hydrogen (secondary N) is 1. The number of nitrogens with zero attached hydrogens (tertiary/aromatic N) is 4. The summed E-state index contributed by atoms with van der Waals surface area (Å²) in [6.45, 7) is 4.39. The van der Waals surface area contributed by atoms with Gasteiger partial charge in [-0.25, -0.2) is 19.7 Å². The maximum Gasteiger partial charge on any atom is 0.328 e. The summed E-state index contributed by atoms with van der Waals surface area (Å²) in [5.74, 6) is -0.263. The number of nitrogen functional groups attached to an aromatic ring is 1. The van der Waals surface area contributed by atoms with Crippen LogP contribution in [-0.2, 0) is 20.9 Å². The molecule has 1 unspecified atom stereocenters. The Labute approximate surface area is 146 Å². The number of imidazole rings is 1. The second-order valence-corrected chi connectivity index (χ2v) is 6.14. The van der Waals surface area contributed by atoms with Crippen molar-refractivity contribution in [3.63, 3.8) is 0 Å². The number of nitrogens with two attached hydrogens (primary N) is 1. The van der Waals surface area contributed by atoms with Crippen LogP contribution < -0.4 is 11.1 Å². The molecule has 0 saturated heterocycles. The molecule has 1 amide bonds. The summed E-state index contributed by atoms with van der Waals surface area (Å²) in [5, 5.41) is 2.73. The highest BCUT2D eigenvalue weighted by Gasteiger charge is 2.24. The molecule has 9 heteroatoms. The highest BCUT2D eigenvalue weighted by molar-refractivity contribution is 5.84. The van der Waals surface area contributed by atoms with E-state index >= 15 is 0 Å². The zero-order valence-corrected chi connectivity index (χ0v) is 14.7. The summed E-state index contributed by atoms with van der Waals surface area (Å²) in [6.07, 6.45) is 4.86. The van der Waals surface area contributed by atoms with Crippen LogP contribution in [0.1, 0.15) is 33.1 Å². The number of aryl methyl sites for hydroxylation is 1. The molecule has 0 aliphatic carbocycles. The van der Waals surface area contributed by atoms with Gasteiger partial charge in [-0.1, -0.05) is 13.8 Å². The molecule has 0 radical (unpaired) electrons. The number of fused-ring (bicyclic) bond motifs is 1. The summed E-state index contributed by atoms with van der Waals surface area (Å²) in [6, 6.07) is -0.616. The Bertz CT molecular complexity index is 743. The molecule has 0 bridgehead atoms. The van der Waals surface area contributed by atoms with Gasteiger partial charge < -0.3 is 20.4 Å². The minimum atomic E-state index is -0.616. The van der Waals surface area contributed by atoms with E-state index < -0.39 is 12.0 Å². The molecule has 136 valence electrons. The van der Waals surface area contributed by atoms with Gasteiger partial charge in [0, 0.05) is 13.0 Å². The molecule has 9 nitrogen and oxygen atoms in total. The summed E-state index contributed by atoms with van der Waals surface area (Å²) < 4.78 is 6.60. The van der Waals surface area contributed by atoms with Crippen molar-refractivity contribution >= 4 is 28.9 Å². The Morgan fingerprint density at radius 2 is 2.04 bits per heavy atom. The molecule has 0 spiro atoms. The molecule has 2 rings (SSSR count). The lowest BCUT2D eigenvalue weighted by Crippen LogP contribution is -2.44. The molecule has 2 heterocycles. The van der Waals surface area contributed by atoms with Crippen molar-refractivity contribution in [2.75, 3.05) is 12.8 Å². The van der Waals surface area contributed by atoms with E-state index in [0.717, 1.165) is 6.42 Å². The number of amides is 1. The number of hydrogen-bond donors (Lipinski definition) is 2. The third-order valence-corrected chi connectivity index (χ3v) is 3.92. The van der Waals surface area contributed by atoms with Crippen LogP contribution in [0.4, 0.5) is 5.82 Å². The number of unbranched alkanes of at least 4 members (excludes halogenated alkanes) is 1. The Hall–Kier alpha value is -2.71. The molecule has 0 saturated carbocycles. The first-order valence-electron chi connectivity index (χ1n) is 8.22. The van der Waals surface area contributed by atoms with Crippen LogP contribution in [0.15, 0.2) is 12.7 Å². The number of hydrogen-bond acceptors (Lipinski definition) is 7. The van der Waals surface area contributed by atoms with Crippen LogP contribution in [0.2, 0.25) is 0 Å². The SMILES string of the molecule is COC(=O)C(NC(=O)CCCCn1cnc2c(N)ncnc21)C(C)C. The fourth-order valence-electron chi connectivity index (χ4n) is 2.50. The number of anilines is 1. The molecule has 0 aliphatic heterocycles. The highest BCUT2D eigenvalue weighted by atomic mass is 16.5. The minimum absolute atomic E-state index is 0.0288. The predicted octanol–water partition coefficient (Wildman–Crippen LogP) is 0.893. The number of carbonyl (C=O) groups is 2. The molecule has 25 heavy (non-hydrogen) atoms. The van der Waals surface area contributed by atoms with Crippen molar-refractivity contribution in [3.8, 4) is 0 Å². The molecular weight excluding hydrogens is 324 g/mol. The largest absolute Gasteiger partial charge is 0.467 e. The Morgan fingerprint density at radius 1 is 1.28 bits per heavy atom. The first-order chi connectivity index (χ1) is 11.9. The van der Waals surface area contributed by atoms with Gasteiger partial charge in [0.2, 0.25) is 5.91 Å². The van der Waals surface area contributed by atoms with Crippen LogP contribution in [0.3, 0.4) is 0 Å². The molecular formula is C16H24N6O3. The zero-order chi connectivity index (χ0) is 18.4. The standard InChI is InChI=1S/C16H24N6O3/c1-10(2)12(16(24)25-3)21-11(23)6-4-5-7-22-9-20-13-14(17)18-8-19-15(13)22/h8-10,12H,4-7H2,1-3H3,(H,21,23)(H2,17,18,19). The number of esters is 1. The lowest BCUT2D eigenvalue weighted by atomic mass is 10.0. The summed E-state index contributed by atoms with van der Waals surface area (Å²) in [7, 11) is 1.32. The van der Waals surface area contributed by atoms with Crippen molar-refractivity contribution in [2.24, 2.45) is 5.92 Å². The van der Waals surface area contributed by atoms with Crippen molar-refractivity contribution < 1.29 is 14.3 Å². The number of ether oxygens (including phenoxy) is 1. The van der Waals surface area contributed by atoms with E-state index in [1.807, 2.05) is 18.4 Å². The van der Waals surface area contributed by atoms with Crippen LogP contribution >= 0.6 is 0 Å². The second kappa shape index (κ2) is 8.41. The Morgan fingerprint density at radius 3 is 2.72 bits per heavy atom. The van der Waals surface area contributed by atoms with E-state index in [4.69, 9.17) is 10.5 Å². The highest BCUT2D eigenvalue weighted by Crippen LogP contribution is 2.15. The first kappa shape index (κ1) is 18.6. The summed E-state index contributed by atoms with van der Waals surface area (Å²) in [5.41, 5.74) is 7.02. The van der Waals surface area contributed by atoms with Gasteiger partial charge in [-0.05, 0) is 18.8 Å². The molecule has 2 aromatic rings. The van der Waals surface area contributed by atoms with Crippen molar-refractivity contribution in [2.45, 2.75) is 45.7 Å². The molecule has 2 aromatic heterocycles. The average molecular weight is 348 g/mol. The number of carbonyl (C=O) groups excluding carboxylic acids is 2. The third-order valence-electron chi connectivity index (χ3n) is 3.92. The minimum Gasteiger partial charge on any atom is -0.467 e. The van der Waals surface area contributed by atoms with Crippen molar-refractivity contribution in [3.05, 3.63) is 12.7 Å². The molecule has 0 aliphatic rings. The molecule has 3 N–H and O–H groups in total. The van der Waals surface area contributed by atoms with E-state index in [9.17, 15) is 9.59 Å². The summed E-state index contributed by atoms with van der Waals surface area (Å²) >= 11 is 0. The zero-order valence-electron chi connectivity index (χ0n) is 14.7. The van der Waals surface area contributed by atoms with Gasteiger partial charge in [-0.2, -0.15) is 0 Å². The third kappa shape index (κ3) is 4.65. The van der Waals surface area contributed by atoms with E-state index in [-0.39, 0.29) is 11.8 Å². The second-order valence-electron chi connectivity index (χ2n) is 6.14. The van der Waals surface area contributed by atoms with Crippen molar-refractivity contribution in [1.29, 1.82) is 0 Å². The Balaban J connectivity index is 1.81. The number of rotatable bonds is 8. The number of aromatic nitrogens is 4. The lowest BCUT2D eigenvalue weighted by molar-refractivity contribution is -0.146. The van der Waals surface area contributed by atoms with E-state index in [2.05, 4.69) is 20.3 Å². The maximum absolute atomic E-state index is 12.0. The van der Waals surface area contributed by atoms with Crippen molar-refractivity contribution in [1.82, 2.24) is 24.8 Å². The lowest BCUT2D eigenvalue weighted by Gasteiger charge is -2.19. The fourth-order valence-corrected chi connectivity index (χ4v) is 2.50. The van der Waals surface area contributed by atoms with Gasteiger partial charge in [-0.3, -0.25) is 4.79 Å². The average Bonchev–Trinajstić information content (AvgIpc) is 3.00. The molecule has 1 atom stereocenters. The summed E-state index contributed by atoms with van der Waals surface area (Å²) in [4.78, 5) is 36.0. The van der Waals surface area contributed by atoms with Crippen LogP contribution in [0, 0.1) is 5.92 Å². The van der Waals surface area contributed by atoms with Gasteiger partial charge in [0.05, 0.1) is 13.4 Å². The van der Waals surface area contributed by atoms with E-state index in [1.54, 1.807) is 6.33 Å². The van der Waals surface area contributed by atoms with Gasteiger partial charge in [0.1, 0.15) is 17.9 Å². The van der Waals surface area contributed by atoms with E-state index in [1.165, 1.54) is 13.4 Å². The maximum atomic E-state index is 12.0.